The Bertz CT molecular complexity index is 1270. The quantitative estimate of drug-likeness (QED) is 0.338. The molecule has 13 heteroatoms. The molecule has 1 aliphatic heterocycles. The van der Waals surface area contributed by atoms with E-state index in [1.807, 2.05) is 0 Å². The lowest BCUT2D eigenvalue weighted by Crippen LogP contribution is -2.26. The SMILES string of the molecule is Cc1nc(Nc2nc3c(c(NCc4ccc(S(N)(=O)=O)cc4)n2)CNCC3)sc1C(=O)O. The molecule has 0 spiro atoms. The normalized spacial score (nSPS) is 13.4. The molecule has 3 heterocycles. The van der Waals surface area contributed by atoms with Gasteiger partial charge in [-0.1, -0.05) is 23.5 Å². The number of carboxylic acid groups (broad SMARTS) is 1. The van der Waals surface area contributed by atoms with E-state index in [1.165, 1.54) is 12.1 Å². The molecule has 0 saturated heterocycles. The molecule has 0 unspecified atom stereocenters. The highest BCUT2D eigenvalue weighted by molar-refractivity contribution is 7.89. The van der Waals surface area contributed by atoms with Gasteiger partial charge in [0.2, 0.25) is 16.0 Å². The summed E-state index contributed by atoms with van der Waals surface area (Å²) in [6.45, 7) is 3.45. The number of hydrogen-bond donors (Lipinski definition) is 5. The smallest absolute Gasteiger partial charge is 0.347 e. The summed E-state index contributed by atoms with van der Waals surface area (Å²) in [6, 6.07) is 6.29. The van der Waals surface area contributed by atoms with Crippen LogP contribution in [-0.2, 0) is 29.5 Å². The highest BCUT2D eigenvalue weighted by Gasteiger charge is 2.19. The molecule has 11 nitrogen and oxygen atoms in total. The van der Waals surface area contributed by atoms with E-state index in [1.54, 1.807) is 19.1 Å². The zero-order chi connectivity index (χ0) is 22.9. The van der Waals surface area contributed by atoms with E-state index < -0.39 is 16.0 Å². The predicted molar refractivity (Wildman–Crippen MR) is 120 cm³/mol. The van der Waals surface area contributed by atoms with Crippen LogP contribution < -0.4 is 21.1 Å². The first-order valence-electron chi connectivity index (χ1n) is 9.64. The van der Waals surface area contributed by atoms with Gasteiger partial charge >= 0.3 is 5.97 Å². The number of primary sulfonamides is 1. The first-order valence-corrected chi connectivity index (χ1v) is 12.0. The van der Waals surface area contributed by atoms with E-state index in [-0.39, 0.29) is 9.77 Å². The Morgan fingerprint density at radius 1 is 1.25 bits per heavy atom. The van der Waals surface area contributed by atoms with E-state index in [4.69, 9.17) is 5.14 Å². The number of nitrogens with zero attached hydrogens (tertiary/aromatic N) is 3. The van der Waals surface area contributed by atoms with Crippen LogP contribution in [0.3, 0.4) is 0 Å². The molecule has 4 rings (SSSR count). The largest absolute Gasteiger partial charge is 0.477 e. The Hall–Kier alpha value is -3.13. The standard InChI is InChI=1S/C19H21N7O4S2/c1-10-15(17(27)28)31-19(23-10)26-18-24-14-6-7-21-9-13(14)16(25-18)22-8-11-2-4-12(5-3-11)32(20,29)30/h2-5,21H,6-9H2,1H3,(H,27,28)(H2,20,29,30)(H2,22,23,24,25,26). The number of carbonyl (C=O) groups is 1. The van der Waals surface area contributed by atoms with Crippen molar-refractivity contribution in [1.29, 1.82) is 0 Å². The van der Waals surface area contributed by atoms with Gasteiger partial charge in [0.05, 0.1) is 16.3 Å². The number of aromatic carboxylic acids is 1. The van der Waals surface area contributed by atoms with Crippen LogP contribution in [0.5, 0.6) is 0 Å². The highest BCUT2D eigenvalue weighted by atomic mass is 32.2. The van der Waals surface area contributed by atoms with E-state index in [0.717, 1.165) is 41.1 Å². The van der Waals surface area contributed by atoms with Crippen molar-refractivity contribution in [3.05, 3.63) is 51.7 Å². The number of fused-ring (bicyclic) bond motifs is 1. The first-order chi connectivity index (χ1) is 15.2. The van der Waals surface area contributed by atoms with Crippen LogP contribution in [-0.4, -0.2) is 41.0 Å². The molecule has 0 amide bonds. The number of benzene rings is 1. The van der Waals surface area contributed by atoms with Crippen molar-refractivity contribution in [2.45, 2.75) is 31.3 Å². The van der Waals surface area contributed by atoms with Crippen molar-refractivity contribution in [2.24, 2.45) is 5.14 Å². The third kappa shape index (κ3) is 4.85. The van der Waals surface area contributed by atoms with E-state index >= 15 is 0 Å². The molecule has 2 aromatic heterocycles. The highest BCUT2D eigenvalue weighted by Crippen LogP contribution is 2.27. The van der Waals surface area contributed by atoms with E-state index in [0.29, 0.717) is 35.7 Å². The van der Waals surface area contributed by atoms with E-state index in [9.17, 15) is 18.3 Å². The van der Waals surface area contributed by atoms with Crippen LogP contribution >= 0.6 is 11.3 Å². The number of carboxylic acids is 1. The molecule has 1 aromatic carbocycles. The van der Waals surface area contributed by atoms with E-state index in [2.05, 4.69) is 30.9 Å². The van der Waals surface area contributed by atoms with Crippen LogP contribution in [0.25, 0.3) is 0 Å². The van der Waals surface area contributed by atoms with Gasteiger partial charge in [-0.25, -0.2) is 28.3 Å². The number of aryl methyl sites for hydroxylation is 1. The zero-order valence-corrected chi connectivity index (χ0v) is 18.7. The third-order valence-electron chi connectivity index (χ3n) is 4.85. The number of thiazole rings is 1. The van der Waals surface area contributed by atoms with Crippen LogP contribution in [0, 0.1) is 6.92 Å². The summed E-state index contributed by atoms with van der Waals surface area (Å²) in [7, 11) is -3.74. The average Bonchev–Trinajstić information content (AvgIpc) is 3.12. The van der Waals surface area contributed by atoms with Gasteiger partial charge in [-0.15, -0.1) is 0 Å². The molecule has 0 radical (unpaired) electrons. The molecule has 168 valence electrons. The summed E-state index contributed by atoms with van der Waals surface area (Å²) in [5, 5.41) is 24.4. The monoisotopic (exact) mass is 475 g/mol. The number of nitrogens with one attached hydrogen (secondary N) is 3. The van der Waals surface area contributed by atoms with Crippen molar-refractivity contribution in [3.63, 3.8) is 0 Å². The van der Waals surface area contributed by atoms with Crippen molar-refractivity contribution >= 4 is 44.2 Å². The third-order valence-corrected chi connectivity index (χ3v) is 6.84. The fourth-order valence-electron chi connectivity index (χ4n) is 3.27. The van der Waals surface area contributed by atoms with Gasteiger partial charge < -0.3 is 15.7 Å². The first kappa shape index (κ1) is 22.1. The Morgan fingerprint density at radius 2 is 2.00 bits per heavy atom. The maximum absolute atomic E-state index is 11.4. The molecular weight excluding hydrogens is 454 g/mol. The van der Waals surface area contributed by atoms with Crippen molar-refractivity contribution < 1.29 is 18.3 Å². The number of rotatable bonds is 7. The molecular formula is C19H21N7O4S2. The predicted octanol–water partition coefficient (Wildman–Crippen LogP) is 1.59. The molecule has 0 fully saturated rings. The molecule has 1 aliphatic rings. The molecule has 0 saturated carbocycles. The van der Waals surface area contributed by atoms with Gasteiger partial charge in [0.1, 0.15) is 10.7 Å². The van der Waals surface area contributed by atoms with Crippen LogP contribution in [0.2, 0.25) is 0 Å². The minimum atomic E-state index is -3.74. The Labute approximate surface area is 188 Å². The Balaban J connectivity index is 1.57. The van der Waals surface area contributed by atoms with Crippen molar-refractivity contribution in [1.82, 2.24) is 20.3 Å². The Kier molecular flexibility index (Phi) is 6.06. The number of aromatic nitrogens is 3. The van der Waals surface area contributed by atoms with Crippen LogP contribution in [0.4, 0.5) is 16.9 Å². The maximum atomic E-state index is 11.4. The van der Waals surface area contributed by atoms with Gasteiger partial charge in [-0.3, -0.25) is 5.32 Å². The summed E-state index contributed by atoms with van der Waals surface area (Å²) in [5.41, 5.74) is 3.11. The minimum Gasteiger partial charge on any atom is -0.477 e. The molecule has 32 heavy (non-hydrogen) atoms. The van der Waals surface area contributed by atoms with Crippen molar-refractivity contribution in [2.75, 3.05) is 17.2 Å². The summed E-state index contributed by atoms with van der Waals surface area (Å²) < 4.78 is 22.9. The molecule has 6 N–H and O–H groups in total. The lowest BCUT2D eigenvalue weighted by atomic mass is 10.1. The summed E-state index contributed by atoms with van der Waals surface area (Å²) in [6.07, 6.45) is 0.724. The second-order valence-electron chi connectivity index (χ2n) is 7.15. The summed E-state index contributed by atoms with van der Waals surface area (Å²) in [4.78, 5) is 24.9. The minimum absolute atomic E-state index is 0.0517. The topological polar surface area (TPSA) is 172 Å². The number of anilines is 3. The molecule has 3 aromatic rings. The second-order valence-corrected chi connectivity index (χ2v) is 9.71. The van der Waals surface area contributed by atoms with Gasteiger partial charge in [0, 0.05) is 31.6 Å². The summed E-state index contributed by atoms with van der Waals surface area (Å²) in [5.74, 6) is -0.0725. The van der Waals surface area contributed by atoms with Gasteiger partial charge in [0.25, 0.3) is 0 Å². The summed E-state index contributed by atoms with van der Waals surface area (Å²) >= 11 is 1.03. The zero-order valence-electron chi connectivity index (χ0n) is 17.0. The number of sulfonamides is 1. The molecule has 0 atom stereocenters. The lowest BCUT2D eigenvalue weighted by molar-refractivity contribution is 0.0701. The van der Waals surface area contributed by atoms with Gasteiger partial charge in [0.15, 0.2) is 5.13 Å². The van der Waals surface area contributed by atoms with Crippen molar-refractivity contribution in [3.8, 4) is 0 Å². The fourth-order valence-corrected chi connectivity index (χ4v) is 4.59. The number of hydrogen-bond acceptors (Lipinski definition) is 10. The van der Waals surface area contributed by atoms with Gasteiger partial charge in [-0.2, -0.15) is 4.98 Å². The van der Waals surface area contributed by atoms with Crippen LogP contribution in [0.1, 0.15) is 32.2 Å². The lowest BCUT2D eigenvalue weighted by Gasteiger charge is -2.20. The molecule has 0 bridgehead atoms. The number of nitrogens with two attached hydrogens (primary N) is 1. The maximum Gasteiger partial charge on any atom is 0.347 e. The fraction of sp³-hybridized carbons (Fsp3) is 0.263. The van der Waals surface area contributed by atoms with Gasteiger partial charge in [-0.05, 0) is 24.6 Å². The van der Waals surface area contributed by atoms with Crippen LogP contribution in [0.15, 0.2) is 29.2 Å². The second kappa shape index (κ2) is 8.78. The Morgan fingerprint density at radius 3 is 2.66 bits per heavy atom. The molecule has 0 aliphatic carbocycles. The average molecular weight is 476 g/mol.